The van der Waals surface area contributed by atoms with Crippen molar-refractivity contribution >= 4 is 17.1 Å². The van der Waals surface area contributed by atoms with E-state index in [0.717, 1.165) is 17.8 Å². The normalized spacial score (nSPS) is 9.65. The minimum Gasteiger partial charge on any atom is -0.365 e. The van der Waals surface area contributed by atoms with Crippen LogP contribution in [0.4, 0.5) is 17.1 Å². The molecule has 0 spiro atoms. The third-order valence-corrected chi connectivity index (χ3v) is 2.67. The van der Waals surface area contributed by atoms with Crippen molar-refractivity contribution in [1.82, 2.24) is 0 Å². The van der Waals surface area contributed by atoms with E-state index < -0.39 is 0 Å². The molecular weight excluding hydrogens is 208 g/mol. The van der Waals surface area contributed by atoms with E-state index in [4.69, 9.17) is 6.57 Å². The standard InChI is InChI=1S/C15H14N2/c1-3-12-8-10-13(11-9-12)17-15-7-5-4-6-14(15)16-2/h4-11,17H,3H2,1H3. The van der Waals surface area contributed by atoms with Crippen LogP contribution in [0.2, 0.25) is 0 Å². The summed E-state index contributed by atoms with van der Waals surface area (Å²) in [5.41, 5.74) is 3.83. The van der Waals surface area contributed by atoms with Crippen LogP contribution < -0.4 is 5.32 Å². The highest BCUT2D eigenvalue weighted by Gasteiger charge is 2.00. The molecular formula is C15H14N2. The van der Waals surface area contributed by atoms with Gasteiger partial charge in [0, 0.05) is 11.4 Å². The first kappa shape index (κ1) is 11.2. The van der Waals surface area contributed by atoms with E-state index in [1.165, 1.54) is 5.56 Å². The number of nitrogens with zero attached hydrogens (tertiary/aromatic N) is 1. The first-order valence-corrected chi connectivity index (χ1v) is 5.66. The van der Waals surface area contributed by atoms with Crippen molar-refractivity contribution < 1.29 is 0 Å². The Morgan fingerprint density at radius 3 is 2.41 bits per heavy atom. The van der Waals surface area contributed by atoms with Crippen LogP contribution in [0.15, 0.2) is 48.5 Å². The second-order valence-electron chi connectivity index (χ2n) is 3.80. The number of hydrogen-bond donors (Lipinski definition) is 1. The summed E-state index contributed by atoms with van der Waals surface area (Å²) in [6, 6.07) is 15.8. The number of para-hydroxylation sites is 2. The molecule has 17 heavy (non-hydrogen) atoms. The monoisotopic (exact) mass is 222 g/mol. The van der Waals surface area contributed by atoms with E-state index >= 15 is 0 Å². The fourth-order valence-electron chi connectivity index (χ4n) is 1.66. The topological polar surface area (TPSA) is 16.4 Å². The highest BCUT2D eigenvalue weighted by molar-refractivity contribution is 5.74. The van der Waals surface area contributed by atoms with Crippen molar-refractivity contribution in [3.8, 4) is 0 Å². The average molecular weight is 222 g/mol. The number of hydrogen-bond acceptors (Lipinski definition) is 1. The van der Waals surface area contributed by atoms with Gasteiger partial charge in [-0.3, -0.25) is 0 Å². The second kappa shape index (κ2) is 5.18. The van der Waals surface area contributed by atoms with Gasteiger partial charge in [-0.15, -0.1) is 0 Å². The fraction of sp³-hybridized carbons (Fsp3) is 0.133. The van der Waals surface area contributed by atoms with Crippen molar-refractivity contribution in [3.05, 3.63) is 65.5 Å². The van der Waals surface area contributed by atoms with E-state index in [2.05, 4.69) is 29.2 Å². The largest absolute Gasteiger partial charge is 0.365 e. The highest BCUT2D eigenvalue weighted by atomic mass is 14.9. The van der Waals surface area contributed by atoms with Gasteiger partial charge in [-0.05, 0) is 30.2 Å². The summed E-state index contributed by atoms with van der Waals surface area (Å²) in [6.45, 7) is 9.23. The number of rotatable bonds is 3. The minimum atomic E-state index is 0.645. The van der Waals surface area contributed by atoms with E-state index in [1.54, 1.807) is 0 Å². The lowest BCUT2D eigenvalue weighted by Crippen LogP contribution is -1.90. The minimum absolute atomic E-state index is 0.645. The molecule has 0 atom stereocenters. The van der Waals surface area contributed by atoms with Crippen LogP contribution in [-0.4, -0.2) is 0 Å². The molecule has 2 nitrogen and oxygen atoms in total. The number of aryl methyl sites for hydroxylation is 1. The molecule has 0 bridgehead atoms. The lowest BCUT2D eigenvalue weighted by atomic mass is 10.1. The Hall–Kier alpha value is -2.27. The van der Waals surface area contributed by atoms with E-state index in [1.807, 2.05) is 36.4 Å². The quantitative estimate of drug-likeness (QED) is 0.754. The molecule has 2 aromatic carbocycles. The molecule has 0 amide bonds. The molecule has 0 aromatic heterocycles. The van der Waals surface area contributed by atoms with Gasteiger partial charge in [0.15, 0.2) is 0 Å². The second-order valence-corrected chi connectivity index (χ2v) is 3.80. The predicted molar refractivity (Wildman–Crippen MR) is 71.8 cm³/mol. The number of nitrogens with one attached hydrogen (secondary N) is 1. The summed E-state index contributed by atoms with van der Waals surface area (Å²) in [5.74, 6) is 0. The molecule has 0 fully saturated rings. The average Bonchev–Trinajstić information content (AvgIpc) is 2.40. The van der Waals surface area contributed by atoms with Crippen molar-refractivity contribution in [2.24, 2.45) is 0 Å². The van der Waals surface area contributed by atoms with Gasteiger partial charge in [-0.2, -0.15) is 0 Å². The zero-order valence-corrected chi connectivity index (χ0v) is 9.77. The van der Waals surface area contributed by atoms with Gasteiger partial charge in [-0.1, -0.05) is 37.3 Å². The Morgan fingerprint density at radius 1 is 1.06 bits per heavy atom. The van der Waals surface area contributed by atoms with Crippen LogP contribution >= 0.6 is 0 Å². The van der Waals surface area contributed by atoms with E-state index in [-0.39, 0.29) is 0 Å². The Kier molecular flexibility index (Phi) is 3.42. The van der Waals surface area contributed by atoms with Crippen molar-refractivity contribution in [2.45, 2.75) is 13.3 Å². The van der Waals surface area contributed by atoms with Crippen LogP contribution in [0.3, 0.4) is 0 Å². The Labute approximate surface area is 102 Å². The molecule has 0 aliphatic carbocycles. The summed E-state index contributed by atoms with van der Waals surface area (Å²) >= 11 is 0. The molecule has 0 saturated heterocycles. The Bertz CT molecular complexity index is 536. The summed E-state index contributed by atoms with van der Waals surface area (Å²) < 4.78 is 0. The van der Waals surface area contributed by atoms with Crippen LogP contribution in [0.25, 0.3) is 4.85 Å². The van der Waals surface area contributed by atoms with Crippen LogP contribution in [0.5, 0.6) is 0 Å². The molecule has 2 heteroatoms. The third kappa shape index (κ3) is 2.64. The number of benzene rings is 2. The van der Waals surface area contributed by atoms with Crippen molar-refractivity contribution in [1.29, 1.82) is 0 Å². The fourth-order valence-corrected chi connectivity index (χ4v) is 1.66. The Morgan fingerprint density at radius 2 is 1.76 bits per heavy atom. The Balaban J connectivity index is 2.23. The molecule has 0 aliphatic rings. The van der Waals surface area contributed by atoms with Gasteiger partial charge < -0.3 is 5.32 Å². The van der Waals surface area contributed by atoms with Gasteiger partial charge >= 0.3 is 0 Å². The van der Waals surface area contributed by atoms with Crippen LogP contribution in [0.1, 0.15) is 12.5 Å². The first-order valence-electron chi connectivity index (χ1n) is 5.66. The molecule has 0 aliphatic heterocycles. The first-order chi connectivity index (χ1) is 8.33. The molecule has 0 radical (unpaired) electrons. The van der Waals surface area contributed by atoms with Crippen molar-refractivity contribution in [2.75, 3.05) is 5.32 Å². The van der Waals surface area contributed by atoms with Gasteiger partial charge in [-0.25, -0.2) is 4.85 Å². The molecule has 84 valence electrons. The SMILES string of the molecule is [C-]#[N+]c1ccccc1Nc1ccc(CC)cc1. The van der Waals surface area contributed by atoms with E-state index in [9.17, 15) is 0 Å². The maximum absolute atomic E-state index is 7.10. The lowest BCUT2D eigenvalue weighted by molar-refractivity contribution is 1.14. The highest BCUT2D eigenvalue weighted by Crippen LogP contribution is 2.27. The molecule has 1 N–H and O–H groups in total. The predicted octanol–water partition coefficient (Wildman–Crippen LogP) is 4.54. The maximum atomic E-state index is 7.10. The molecule has 0 saturated carbocycles. The van der Waals surface area contributed by atoms with Crippen molar-refractivity contribution in [3.63, 3.8) is 0 Å². The van der Waals surface area contributed by atoms with Gasteiger partial charge in [0.2, 0.25) is 5.69 Å². The van der Waals surface area contributed by atoms with Gasteiger partial charge in [0.25, 0.3) is 0 Å². The van der Waals surface area contributed by atoms with Gasteiger partial charge in [0.05, 0.1) is 6.57 Å². The molecule has 2 aromatic rings. The number of anilines is 2. The molecule has 2 rings (SSSR count). The summed E-state index contributed by atoms with van der Waals surface area (Å²) in [6.07, 6.45) is 1.04. The van der Waals surface area contributed by atoms with Crippen LogP contribution in [0, 0.1) is 6.57 Å². The summed E-state index contributed by atoms with van der Waals surface area (Å²) in [7, 11) is 0. The molecule has 0 unspecified atom stereocenters. The smallest absolute Gasteiger partial charge is 0.209 e. The van der Waals surface area contributed by atoms with Crippen LogP contribution in [-0.2, 0) is 6.42 Å². The zero-order valence-electron chi connectivity index (χ0n) is 9.77. The lowest BCUT2D eigenvalue weighted by Gasteiger charge is -2.08. The van der Waals surface area contributed by atoms with E-state index in [0.29, 0.717) is 5.69 Å². The summed E-state index contributed by atoms with van der Waals surface area (Å²) in [5, 5.41) is 3.26. The third-order valence-electron chi connectivity index (χ3n) is 2.67. The maximum Gasteiger partial charge on any atom is 0.209 e. The zero-order chi connectivity index (χ0) is 12.1. The van der Waals surface area contributed by atoms with Gasteiger partial charge in [0.1, 0.15) is 0 Å². The molecule has 0 heterocycles. The summed E-state index contributed by atoms with van der Waals surface area (Å²) in [4.78, 5) is 3.49.